The van der Waals surface area contributed by atoms with Crippen molar-refractivity contribution in [2.24, 2.45) is 0 Å². The second-order valence-corrected chi connectivity index (χ2v) is 4.53. The van der Waals surface area contributed by atoms with E-state index in [0.29, 0.717) is 16.7 Å². The highest BCUT2D eigenvalue weighted by Gasteiger charge is 2.31. The number of hydrogen-bond donors (Lipinski definition) is 0. The molecule has 1 heterocycles. The average Bonchev–Trinajstić information content (AvgIpc) is 2.64. The maximum atomic E-state index is 13.3. The van der Waals surface area contributed by atoms with Gasteiger partial charge in [-0.2, -0.15) is 0 Å². The van der Waals surface area contributed by atoms with Gasteiger partial charge < -0.3 is 4.74 Å². The predicted molar refractivity (Wildman–Crippen MR) is 62.4 cm³/mol. The lowest BCUT2D eigenvalue weighted by atomic mass is 10.3. The number of benzene rings is 1. The summed E-state index contributed by atoms with van der Waals surface area (Å²) in [5.74, 6) is -0.180. The monoisotopic (exact) mass is 307 g/mol. The molecule has 1 amide bonds. The second kappa shape index (κ2) is 4.59. The number of hydrogen-bond acceptors (Lipinski definition) is 2. The van der Waals surface area contributed by atoms with Crippen LogP contribution >= 0.6 is 27.5 Å². The van der Waals surface area contributed by atoms with Crippen molar-refractivity contribution in [3.63, 3.8) is 0 Å². The Hall–Kier alpha value is -0.810. The van der Waals surface area contributed by atoms with Gasteiger partial charge in [-0.15, -0.1) is 11.6 Å². The zero-order chi connectivity index (χ0) is 11.7. The SMILES string of the molecule is O=C1O[C@@H](CCl)CN1c1ccc(Br)c(F)c1. The molecule has 1 fully saturated rings. The Kier molecular flexibility index (Phi) is 3.35. The van der Waals surface area contributed by atoms with Crippen molar-refractivity contribution in [1.82, 2.24) is 0 Å². The number of cyclic esters (lactones) is 1. The number of amides is 1. The molecule has 0 aliphatic carbocycles. The number of alkyl halides is 1. The summed E-state index contributed by atoms with van der Waals surface area (Å²) in [5, 5.41) is 0. The maximum Gasteiger partial charge on any atom is 0.414 e. The van der Waals surface area contributed by atoms with Crippen LogP contribution in [-0.2, 0) is 4.74 Å². The van der Waals surface area contributed by atoms with Gasteiger partial charge in [-0.25, -0.2) is 9.18 Å². The Balaban J connectivity index is 2.24. The van der Waals surface area contributed by atoms with Gasteiger partial charge >= 0.3 is 6.09 Å². The maximum absolute atomic E-state index is 13.3. The van der Waals surface area contributed by atoms with Gasteiger partial charge in [0.2, 0.25) is 0 Å². The molecular formula is C10H8BrClFNO2. The van der Waals surface area contributed by atoms with Crippen LogP contribution in [0.25, 0.3) is 0 Å². The van der Waals surface area contributed by atoms with Crippen molar-refractivity contribution in [1.29, 1.82) is 0 Å². The van der Waals surface area contributed by atoms with Gasteiger partial charge in [0.25, 0.3) is 0 Å². The first-order chi connectivity index (χ1) is 7.61. The van der Waals surface area contributed by atoms with E-state index in [1.807, 2.05) is 0 Å². The molecule has 1 aliphatic heterocycles. The first kappa shape index (κ1) is 11.7. The van der Waals surface area contributed by atoms with E-state index in [2.05, 4.69) is 15.9 Å². The Labute approximate surface area is 105 Å². The van der Waals surface area contributed by atoms with Gasteiger partial charge in [0.05, 0.1) is 22.6 Å². The summed E-state index contributed by atoms with van der Waals surface area (Å²) in [4.78, 5) is 12.8. The van der Waals surface area contributed by atoms with Crippen LogP contribution in [0.15, 0.2) is 22.7 Å². The van der Waals surface area contributed by atoms with Crippen LogP contribution in [-0.4, -0.2) is 24.6 Å². The Morgan fingerprint density at radius 3 is 2.94 bits per heavy atom. The summed E-state index contributed by atoms with van der Waals surface area (Å²) in [7, 11) is 0. The molecular weight excluding hydrogens is 300 g/mol. The van der Waals surface area contributed by atoms with Crippen molar-refractivity contribution < 1.29 is 13.9 Å². The Morgan fingerprint density at radius 2 is 2.38 bits per heavy atom. The summed E-state index contributed by atoms with van der Waals surface area (Å²) in [5.41, 5.74) is 0.471. The molecule has 1 aromatic rings. The number of nitrogens with zero attached hydrogens (tertiary/aromatic N) is 1. The summed E-state index contributed by atoms with van der Waals surface area (Å²) in [6, 6.07) is 4.47. The van der Waals surface area contributed by atoms with E-state index in [4.69, 9.17) is 16.3 Å². The molecule has 0 unspecified atom stereocenters. The van der Waals surface area contributed by atoms with E-state index in [1.54, 1.807) is 12.1 Å². The molecule has 0 spiro atoms. The molecule has 1 aromatic carbocycles. The van der Waals surface area contributed by atoms with E-state index in [-0.39, 0.29) is 12.0 Å². The minimum Gasteiger partial charge on any atom is -0.443 e. The third-order valence-electron chi connectivity index (χ3n) is 2.26. The molecule has 0 N–H and O–H groups in total. The van der Waals surface area contributed by atoms with Crippen LogP contribution in [0, 0.1) is 5.82 Å². The third-order valence-corrected chi connectivity index (χ3v) is 3.25. The van der Waals surface area contributed by atoms with E-state index in [0.717, 1.165) is 0 Å². The van der Waals surface area contributed by atoms with Crippen LogP contribution in [0.3, 0.4) is 0 Å². The second-order valence-electron chi connectivity index (χ2n) is 3.37. The lowest BCUT2D eigenvalue weighted by Gasteiger charge is -2.12. The summed E-state index contributed by atoms with van der Waals surface area (Å²) in [6.45, 7) is 0.351. The Bertz CT molecular complexity index is 429. The van der Waals surface area contributed by atoms with Gasteiger partial charge in [0.15, 0.2) is 0 Å². The van der Waals surface area contributed by atoms with Crippen LogP contribution in [0.2, 0.25) is 0 Å². The lowest BCUT2D eigenvalue weighted by molar-refractivity contribution is 0.151. The van der Waals surface area contributed by atoms with Crippen LogP contribution < -0.4 is 4.90 Å². The molecule has 1 saturated heterocycles. The largest absolute Gasteiger partial charge is 0.443 e. The fraction of sp³-hybridized carbons (Fsp3) is 0.300. The molecule has 1 atom stereocenters. The molecule has 3 nitrogen and oxygen atoms in total. The molecule has 0 radical (unpaired) electrons. The van der Waals surface area contributed by atoms with E-state index < -0.39 is 11.9 Å². The molecule has 1 aliphatic rings. The number of ether oxygens (including phenoxy) is 1. The zero-order valence-corrected chi connectivity index (χ0v) is 10.5. The van der Waals surface area contributed by atoms with Crippen molar-refractivity contribution in [3.8, 4) is 0 Å². The number of rotatable bonds is 2. The first-order valence-electron chi connectivity index (χ1n) is 4.61. The van der Waals surface area contributed by atoms with Crippen LogP contribution in [0.5, 0.6) is 0 Å². The van der Waals surface area contributed by atoms with Gasteiger partial charge in [-0.05, 0) is 34.1 Å². The highest BCUT2D eigenvalue weighted by Crippen LogP contribution is 2.26. The Morgan fingerprint density at radius 1 is 1.62 bits per heavy atom. The fourth-order valence-corrected chi connectivity index (χ4v) is 1.87. The van der Waals surface area contributed by atoms with Crippen LogP contribution in [0.1, 0.15) is 0 Å². The number of anilines is 1. The lowest BCUT2D eigenvalue weighted by Crippen LogP contribution is -2.24. The first-order valence-corrected chi connectivity index (χ1v) is 5.93. The highest BCUT2D eigenvalue weighted by molar-refractivity contribution is 9.10. The number of carbonyl (C=O) groups is 1. The summed E-state index contributed by atoms with van der Waals surface area (Å²) < 4.78 is 18.6. The van der Waals surface area contributed by atoms with Crippen LogP contribution in [0.4, 0.5) is 14.9 Å². The standard InChI is InChI=1S/C10H8BrClFNO2/c11-8-2-1-6(3-9(8)13)14-5-7(4-12)16-10(14)15/h1-3,7H,4-5H2/t7-/m0/s1. The summed E-state index contributed by atoms with van der Waals surface area (Å²) >= 11 is 8.64. The summed E-state index contributed by atoms with van der Waals surface area (Å²) in [6.07, 6.45) is -0.826. The predicted octanol–water partition coefficient (Wildman–Crippen LogP) is 3.15. The fourth-order valence-electron chi connectivity index (χ4n) is 1.47. The van der Waals surface area contributed by atoms with Gasteiger partial charge in [-0.1, -0.05) is 0 Å². The smallest absolute Gasteiger partial charge is 0.414 e. The molecule has 0 bridgehead atoms. The topological polar surface area (TPSA) is 29.5 Å². The zero-order valence-electron chi connectivity index (χ0n) is 8.12. The van der Waals surface area contributed by atoms with Crippen molar-refractivity contribution >= 4 is 39.3 Å². The molecule has 6 heteroatoms. The normalized spacial score (nSPS) is 20.1. The van der Waals surface area contributed by atoms with Gasteiger partial charge in [-0.3, -0.25) is 4.90 Å². The van der Waals surface area contributed by atoms with Gasteiger partial charge in [0, 0.05) is 0 Å². The minimum absolute atomic E-state index is 0.237. The molecule has 0 aromatic heterocycles. The molecule has 2 rings (SSSR count). The van der Waals surface area contributed by atoms with Crippen molar-refractivity contribution in [2.75, 3.05) is 17.3 Å². The van der Waals surface area contributed by atoms with E-state index in [9.17, 15) is 9.18 Å². The van der Waals surface area contributed by atoms with Gasteiger partial charge in [0.1, 0.15) is 11.9 Å². The quantitative estimate of drug-likeness (QED) is 0.786. The number of carbonyl (C=O) groups excluding carboxylic acids is 1. The van der Waals surface area contributed by atoms with Crippen molar-refractivity contribution in [2.45, 2.75) is 6.10 Å². The average molecular weight is 309 g/mol. The van der Waals surface area contributed by atoms with E-state index in [1.165, 1.54) is 11.0 Å². The number of halogens is 3. The molecule has 86 valence electrons. The minimum atomic E-state index is -0.493. The third kappa shape index (κ3) is 2.15. The van der Waals surface area contributed by atoms with E-state index >= 15 is 0 Å². The molecule has 0 saturated carbocycles. The van der Waals surface area contributed by atoms with Crippen molar-refractivity contribution in [3.05, 3.63) is 28.5 Å². The molecule has 16 heavy (non-hydrogen) atoms. The highest BCUT2D eigenvalue weighted by atomic mass is 79.9.